The molecule has 5 nitrogen and oxygen atoms in total. The molecule has 146 valence electrons. The molecule has 1 aliphatic carbocycles. The molecule has 0 spiro atoms. The fraction of sp³-hybridized carbons (Fsp3) is 0.500. The smallest absolute Gasteiger partial charge is 0.194 e. The number of hydrogen-bond acceptors (Lipinski definition) is 2. The van der Waals surface area contributed by atoms with Crippen molar-refractivity contribution in [2.45, 2.75) is 37.6 Å². The molecule has 7 heteroatoms. The summed E-state index contributed by atoms with van der Waals surface area (Å²) in [5, 5.41) is 7.87. The van der Waals surface area contributed by atoms with E-state index in [1.807, 2.05) is 30.1 Å². The molecule has 4 rings (SSSR count). The average molecular weight is 483 g/mol. The summed E-state index contributed by atoms with van der Waals surface area (Å²) in [4.78, 5) is 7.02. The van der Waals surface area contributed by atoms with Crippen LogP contribution in [0.25, 0.3) is 0 Å². The number of benzene rings is 1. The van der Waals surface area contributed by atoms with E-state index in [1.165, 1.54) is 5.56 Å². The first-order chi connectivity index (χ1) is 12.7. The minimum absolute atomic E-state index is 0. The second kappa shape index (κ2) is 8.58. The van der Waals surface area contributed by atoms with Gasteiger partial charge in [-0.2, -0.15) is 5.10 Å². The highest BCUT2D eigenvalue weighted by Gasteiger charge is 2.41. The van der Waals surface area contributed by atoms with Gasteiger partial charge in [-0.25, -0.2) is 4.39 Å². The minimum Gasteiger partial charge on any atom is -0.353 e. The molecule has 0 bridgehead atoms. The number of hydrogen-bond donors (Lipinski definition) is 1. The first-order valence-corrected chi connectivity index (χ1v) is 9.44. The maximum Gasteiger partial charge on any atom is 0.194 e. The van der Waals surface area contributed by atoms with Gasteiger partial charge >= 0.3 is 0 Å². The third kappa shape index (κ3) is 4.44. The maximum atomic E-state index is 14.0. The number of aryl methyl sites for hydroxylation is 1. The highest BCUT2D eigenvalue weighted by molar-refractivity contribution is 14.0. The van der Waals surface area contributed by atoms with Gasteiger partial charge in [-0.1, -0.05) is 18.2 Å². The van der Waals surface area contributed by atoms with Gasteiger partial charge in [0.15, 0.2) is 5.96 Å². The van der Waals surface area contributed by atoms with Gasteiger partial charge in [0.25, 0.3) is 0 Å². The zero-order valence-electron chi connectivity index (χ0n) is 15.8. The van der Waals surface area contributed by atoms with Crippen molar-refractivity contribution in [1.29, 1.82) is 0 Å². The average Bonchev–Trinajstić information content (AvgIpc) is 3.03. The molecule has 2 aromatic rings. The van der Waals surface area contributed by atoms with Crippen LogP contribution in [-0.4, -0.2) is 46.3 Å². The Kier molecular flexibility index (Phi) is 6.39. The van der Waals surface area contributed by atoms with Crippen molar-refractivity contribution >= 4 is 29.9 Å². The predicted octanol–water partition coefficient (Wildman–Crippen LogP) is 3.49. The van der Waals surface area contributed by atoms with Crippen molar-refractivity contribution in [3.05, 3.63) is 53.6 Å². The van der Waals surface area contributed by atoms with Gasteiger partial charge in [0.1, 0.15) is 5.82 Å². The number of likely N-dealkylation sites (tertiary alicyclic amines) is 1. The van der Waals surface area contributed by atoms with E-state index in [9.17, 15) is 4.39 Å². The maximum absolute atomic E-state index is 14.0. The van der Waals surface area contributed by atoms with E-state index in [4.69, 9.17) is 0 Å². The molecule has 1 aliphatic heterocycles. The molecule has 1 aromatic carbocycles. The van der Waals surface area contributed by atoms with Crippen molar-refractivity contribution in [2.75, 3.05) is 19.6 Å². The summed E-state index contributed by atoms with van der Waals surface area (Å²) in [6.45, 7) is 4.74. The van der Waals surface area contributed by atoms with Crippen LogP contribution in [0.4, 0.5) is 4.39 Å². The third-order valence-corrected chi connectivity index (χ3v) is 5.40. The summed E-state index contributed by atoms with van der Waals surface area (Å²) in [7, 11) is 1.96. The van der Waals surface area contributed by atoms with Crippen LogP contribution >= 0.6 is 24.0 Å². The minimum atomic E-state index is -0.103. The summed E-state index contributed by atoms with van der Waals surface area (Å²) in [6, 6.07) is 7.37. The zero-order chi connectivity index (χ0) is 18.1. The molecular formula is C20H27FIN5. The Morgan fingerprint density at radius 3 is 2.89 bits per heavy atom. The summed E-state index contributed by atoms with van der Waals surface area (Å²) in [6.07, 6.45) is 6.14. The second-order valence-electron chi connectivity index (χ2n) is 7.29. The molecular weight excluding hydrogens is 456 g/mol. The number of halogens is 2. The molecule has 1 saturated heterocycles. The zero-order valence-corrected chi connectivity index (χ0v) is 18.1. The van der Waals surface area contributed by atoms with E-state index in [1.54, 1.807) is 12.1 Å². The molecule has 27 heavy (non-hydrogen) atoms. The molecule has 1 N–H and O–H groups in total. The normalized spacial score (nSPS) is 24.6. The lowest BCUT2D eigenvalue weighted by Crippen LogP contribution is -2.41. The Balaban J connectivity index is 0.00000210. The van der Waals surface area contributed by atoms with E-state index in [2.05, 4.69) is 33.4 Å². The van der Waals surface area contributed by atoms with Crippen LogP contribution in [0, 0.1) is 5.82 Å². The van der Waals surface area contributed by atoms with E-state index >= 15 is 0 Å². The number of guanidine groups is 1. The first-order valence-electron chi connectivity index (χ1n) is 9.44. The van der Waals surface area contributed by atoms with Gasteiger partial charge in [-0.15, -0.1) is 24.0 Å². The van der Waals surface area contributed by atoms with Crippen molar-refractivity contribution in [3.8, 4) is 0 Å². The number of rotatable bonds is 4. The van der Waals surface area contributed by atoms with Crippen LogP contribution in [0.2, 0.25) is 0 Å². The fourth-order valence-corrected chi connectivity index (χ4v) is 3.90. The molecule has 1 saturated carbocycles. The largest absolute Gasteiger partial charge is 0.353 e. The monoisotopic (exact) mass is 483 g/mol. The predicted molar refractivity (Wildman–Crippen MR) is 116 cm³/mol. The summed E-state index contributed by atoms with van der Waals surface area (Å²) in [5.74, 6) is 1.60. The van der Waals surface area contributed by atoms with Crippen LogP contribution in [0.3, 0.4) is 0 Å². The molecule has 2 aliphatic rings. The SMILES string of the molecule is CCN=C(NC1CC1c1ccccc1F)N1CCC(c2cnn(C)c2)C1.I. The summed E-state index contributed by atoms with van der Waals surface area (Å²) >= 11 is 0. The number of aliphatic imine (C=N–C) groups is 1. The molecule has 2 fully saturated rings. The molecule has 3 unspecified atom stereocenters. The van der Waals surface area contributed by atoms with Crippen molar-refractivity contribution < 1.29 is 4.39 Å². The Morgan fingerprint density at radius 2 is 2.19 bits per heavy atom. The van der Waals surface area contributed by atoms with Crippen molar-refractivity contribution in [3.63, 3.8) is 0 Å². The van der Waals surface area contributed by atoms with Gasteiger partial charge in [-0.05, 0) is 37.0 Å². The van der Waals surface area contributed by atoms with Gasteiger partial charge in [-0.3, -0.25) is 9.67 Å². The highest BCUT2D eigenvalue weighted by atomic mass is 127. The summed E-state index contributed by atoms with van der Waals surface area (Å²) < 4.78 is 15.9. The van der Waals surface area contributed by atoms with Crippen LogP contribution in [0.1, 0.15) is 42.7 Å². The Bertz CT molecular complexity index is 805. The Morgan fingerprint density at radius 1 is 1.37 bits per heavy atom. The molecule has 0 radical (unpaired) electrons. The standard InChI is InChI=1S/C20H26FN5.HI/c1-3-22-20(24-19-10-17(19)16-6-4-5-7-18(16)21)26-9-8-14(13-26)15-11-23-25(2)12-15;/h4-7,11-12,14,17,19H,3,8-10,13H2,1-2H3,(H,22,24);1H. The molecule has 1 aromatic heterocycles. The van der Waals surface area contributed by atoms with Crippen LogP contribution in [0.15, 0.2) is 41.7 Å². The lowest BCUT2D eigenvalue weighted by molar-refractivity contribution is 0.483. The van der Waals surface area contributed by atoms with Gasteiger partial charge < -0.3 is 10.2 Å². The molecule has 3 atom stereocenters. The van der Waals surface area contributed by atoms with E-state index < -0.39 is 0 Å². The lowest BCUT2D eigenvalue weighted by atomic mass is 10.0. The number of nitrogens with one attached hydrogen (secondary N) is 1. The van der Waals surface area contributed by atoms with E-state index in [0.717, 1.165) is 44.0 Å². The Labute approximate surface area is 177 Å². The van der Waals surface area contributed by atoms with Crippen molar-refractivity contribution in [2.24, 2.45) is 12.0 Å². The topological polar surface area (TPSA) is 45.5 Å². The van der Waals surface area contributed by atoms with E-state index in [0.29, 0.717) is 5.92 Å². The second-order valence-corrected chi connectivity index (χ2v) is 7.29. The van der Waals surface area contributed by atoms with Crippen LogP contribution in [-0.2, 0) is 7.05 Å². The van der Waals surface area contributed by atoms with Gasteiger partial charge in [0, 0.05) is 50.8 Å². The Hall–Kier alpha value is -1.64. The van der Waals surface area contributed by atoms with Crippen molar-refractivity contribution in [1.82, 2.24) is 20.0 Å². The number of nitrogens with zero attached hydrogens (tertiary/aromatic N) is 4. The van der Waals surface area contributed by atoms with Crippen LogP contribution < -0.4 is 5.32 Å². The fourth-order valence-electron chi connectivity index (χ4n) is 3.90. The van der Waals surface area contributed by atoms with E-state index in [-0.39, 0.29) is 41.8 Å². The third-order valence-electron chi connectivity index (χ3n) is 5.40. The number of aromatic nitrogens is 2. The quantitative estimate of drug-likeness (QED) is 0.412. The molecule has 0 amide bonds. The first kappa shape index (κ1) is 20.1. The molecule has 2 heterocycles. The highest BCUT2D eigenvalue weighted by Crippen LogP contribution is 2.42. The lowest BCUT2D eigenvalue weighted by Gasteiger charge is -2.22. The van der Waals surface area contributed by atoms with Gasteiger partial charge in [0.05, 0.1) is 6.20 Å². The summed E-state index contributed by atoms with van der Waals surface area (Å²) in [5.41, 5.74) is 2.11. The van der Waals surface area contributed by atoms with Crippen LogP contribution in [0.5, 0.6) is 0 Å². The van der Waals surface area contributed by atoms with Gasteiger partial charge in [0.2, 0.25) is 0 Å².